The summed E-state index contributed by atoms with van der Waals surface area (Å²) in [6.45, 7) is 5.30. The molecule has 0 saturated carbocycles. The summed E-state index contributed by atoms with van der Waals surface area (Å²) in [6, 6.07) is 5.20. The first-order valence-corrected chi connectivity index (χ1v) is 11.7. The topological polar surface area (TPSA) is 99.2 Å². The molecule has 8 nitrogen and oxygen atoms in total. The second-order valence-electron chi connectivity index (χ2n) is 8.32. The summed E-state index contributed by atoms with van der Waals surface area (Å²) in [5.74, 6) is -0.817. The molecule has 1 aromatic carbocycles. The van der Waals surface area contributed by atoms with Crippen molar-refractivity contribution in [3.63, 3.8) is 0 Å². The van der Waals surface area contributed by atoms with Gasteiger partial charge in [-0.05, 0) is 30.0 Å². The number of nitrogens with one attached hydrogen (secondary N) is 1. The molecule has 2 saturated heterocycles. The highest BCUT2D eigenvalue weighted by Gasteiger charge is 2.54. The molecule has 0 bridgehead atoms. The molecule has 0 aliphatic carbocycles. The molecule has 2 fully saturated rings. The number of carbonyl (C=O) groups is 1. The van der Waals surface area contributed by atoms with Gasteiger partial charge in [-0.2, -0.15) is 4.31 Å². The zero-order chi connectivity index (χ0) is 21.9. The first-order chi connectivity index (χ1) is 14.2. The largest absolute Gasteiger partial charge is 0.381 e. The zero-order valence-corrected chi connectivity index (χ0v) is 18.3. The number of ether oxygens (including phenoxy) is 1. The number of amides is 1. The Morgan fingerprint density at radius 2 is 1.87 bits per heavy atom. The second-order valence-corrected chi connectivity index (χ2v) is 10.6. The Bertz CT molecular complexity index is 863. The number of rotatable bonds is 6. The van der Waals surface area contributed by atoms with Gasteiger partial charge in [0, 0.05) is 52.2 Å². The van der Waals surface area contributed by atoms with Crippen molar-refractivity contribution in [1.82, 2.24) is 9.79 Å². The van der Waals surface area contributed by atoms with Crippen molar-refractivity contribution in [2.45, 2.75) is 37.9 Å². The van der Waals surface area contributed by atoms with Gasteiger partial charge in [0.05, 0.1) is 5.69 Å². The van der Waals surface area contributed by atoms with Crippen molar-refractivity contribution >= 4 is 21.6 Å². The lowest BCUT2D eigenvalue weighted by Gasteiger charge is -2.42. The lowest BCUT2D eigenvalue weighted by molar-refractivity contribution is -0.134. The van der Waals surface area contributed by atoms with Gasteiger partial charge in [-0.3, -0.25) is 10.0 Å². The molecule has 1 aromatic rings. The summed E-state index contributed by atoms with van der Waals surface area (Å²) in [5, 5.41) is 9.14. The molecule has 2 N–H and O–H groups in total. The predicted octanol–water partition coefficient (Wildman–Crippen LogP) is 1.53. The van der Waals surface area contributed by atoms with Gasteiger partial charge in [-0.1, -0.05) is 19.9 Å². The van der Waals surface area contributed by atoms with Crippen LogP contribution in [0.3, 0.4) is 0 Å². The lowest BCUT2D eigenvalue weighted by Crippen LogP contribution is -2.62. The normalized spacial score (nSPS) is 20.4. The molecule has 0 unspecified atom stereocenters. The van der Waals surface area contributed by atoms with Crippen LogP contribution in [0, 0.1) is 11.7 Å². The first-order valence-electron chi connectivity index (χ1n) is 10.3. The quantitative estimate of drug-likeness (QED) is 0.511. The van der Waals surface area contributed by atoms with E-state index in [1.54, 1.807) is 12.1 Å². The molecule has 0 radical (unpaired) electrons. The highest BCUT2D eigenvalue weighted by Crippen LogP contribution is 2.34. The average Bonchev–Trinajstić information content (AvgIpc) is 2.73. The number of hydrogen-bond donors (Lipinski definition) is 2. The third kappa shape index (κ3) is 4.32. The Labute approximate surface area is 177 Å². The van der Waals surface area contributed by atoms with Crippen LogP contribution in [0.1, 0.15) is 32.3 Å². The molecule has 2 aliphatic heterocycles. The molecule has 0 aromatic heterocycles. The van der Waals surface area contributed by atoms with Crippen LogP contribution >= 0.6 is 0 Å². The Morgan fingerprint density at radius 1 is 1.23 bits per heavy atom. The van der Waals surface area contributed by atoms with E-state index in [0.717, 1.165) is 12.0 Å². The molecule has 30 heavy (non-hydrogen) atoms. The minimum absolute atomic E-state index is 0.0200. The number of sulfonamides is 1. The Balaban J connectivity index is 1.73. The molecule has 1 amide bonds. The monoisotopic (exact) mass is 443 g/mol. The van der Waals surface area contributed by atoms with E-state index >= 15 is 0 Å². The summed E-state index contributed by atoms with van der Waals surface area (Å²) in [7, 11) is -4.03. The van der Waals surface area contributed by atoms with E-state index < -0.39 is 20.7 Å². The van der Waals surface area contributed by atoms with Crippen molar-refractivity contribution in [3.05, 3.63) is 29.6 Å². The standard InChI is InChI=1S/C20H30FN3O5S/c1-15(2)13-16-3-4-18(17(21)14-16)23-7-9-24(10-8-23)30(27,28)20(19(25)22-26)5-11-29-12-6-20/h3-4,14-15,26H,5-13H2,1-2H3,(H,22,25). The first kappa shape index (κ1) is 22.9. The highest BCUT2D eigenvalue weighted by molar-refractivity contribution is 7.91. The van der Waals surface area contributed by atoms with Crippen molar-refractivity contribution in [2.24, 2.45) is 5.92 Å². The van der Waals surface area contributed by atoms with Gasteiger partial charge in [-0.25, -0.2) is 18.3 Å². The maximum Gasteiger partial charge on any atom is 0.266 e. The number of hydrogen-bond acceptors (Lipinski definition) is 6. The van der Waals surface area contributed by atoms with Gasteiger partial charge in [0.2, 0.25) is 10.0 Å². The molecule has 3 rings (SSSR count). The summed E-state index contributed by atoms with van der Waals surface area (Å²) in [4.78, 5) is 14.2. The minimum atomic E-state index is -4.03. The van der Waals surface area contributed by atoms with Gasteiger partial charge in [0.15, 0.2) is 4.75 Å². The fourth-order valence-corrected chi connectivity index (χ4v) is 6.33. The van der Waals surface area contributed by atoms with Crippen LogP contribution in [0.15, 0.2) is 18.2 Å². The van der Waals surface area contributed by atoms with Crippen LogP contribution < -0.4 is 10.4 Å². The van der Waals surface area contributed by atoms with Crippen molar-refractivity contribution < 1.29 is 27.5 Å². The van der Waals surface area contributed by atoms with Crippen LogP contribution in [0.4, 0.5) is 10.1 Å². The summed E-state index contributed by atoms with van der Waals surface area (Å²) in [6.07, 6.45) is 0.754. The Hall–Kier alpha value is -1.75. The number of nitrogens with zero attached hydrogens (tertiary/aromatic N) is 2. The molecule has 2 heterocycles. The van der Waals surface area contributed by atoms with Gasteiger partial charge < -0.3 is 9.64 Å². The Kier molecular flexibility index (Phi) is 7.01. The maximum atomic E-state index is 14.7. The van der Waals surface area contributed by atoms with E-state index in [2.05, 4.69) is 13.8 Å². The van der Waals surface area contributed by atoms with E-state index in [0.29, 0.717) is 24.7 Å². The number of carbonyl (C=O) groups excluding carboxylic acids is 1. The third-order valence-corrected chi connectivity index (χ3v) is 8.51. The molecular weight excluding hydrogens is 413 g/mol. The number of anilines is 1. The van der Waals surface area contributed by atoms with E-state index in [9.17, 15) is 17.6 Å². The smallest absolute Gasteiger partial charge is 0.266 e. The minimum Gasteiger partial charge on any atom is -0.381 e. The number of halogens is 1. The number of benzene rings is 1. The van der Waals surface area contributed by atoms with E-state index in [-0.39, 0.29) is 45.0 Å². The third-order valence-electron chi connectivity index (χ3n) is 5.88. The van der Waals surface area contributed by atoms with Gasteiger partial charge >= 0.3 is 0 Å². The molecular formula is C20H30FN3O5S. The molecule has 168 valence electrons. The molecule has 0 spiro atoms. The van der Waals surface area contributed by atoms with Crippen LogP contribution in [-0.4, -0.2) is 68.0 Å². The van der Waals surface area contributed by atoms with E-state index in [4.69, 9.17) is 9.94 Å². The number of piperazine rings is 1. The van der Waals surface area contributed by atoms with Crippen LogP contribution in [0.5, 0.6) is 0 Å². The summed E-state index contributed by atoms with van der Waals surface area (Å²) in [5.41, 5.74) is 2.91. The zero-order valence-electron chi connectivity index (χ0n) is 17.4. The number of hydroxylamine groups is 1. The fraction of sp³-hybridized carbons (Fsp3) is 0.650. The SMILES string of the molecule is CC(C)Cc1ccc(N2CCN(S(=O)(=O)C3(C(=O)NO)CCOCC3)CC2)c(F)c1. The Morgan fingerprint density at radius 3 is 2.40 bits per heavy atom. The molecule has 0 atom stereocenters. The van der Waals surface area contributed by atoms with Crippen LogP contribution in [-0.2, 0) is 26.0 Å². The van der Waals surface area contributed by atoms with Crippen molar-refractivity contribution in [2.75, 3.05) is 44.3 Å². The van der Waals surface area contributed by atoms with Crippen LogP contribution in [0.2, 0.25) is 0 Å². The molecule has 10 heteroatoms. The van der Waals surface area contributed by atoms with E-state index in [1.165, 1.54) is 9.79 Å². The van der Waals surface area contributed by atoms with E-state index in [1.807, 2.05) is 11.0 Å². The van der Waals surface area contributed by atoms with Gasteiger partial charge in [0.25, 0.3) is 5.91 Å². The van der Waals surface area contributed by atoms with Gasteiger partial charge in [0.1, 0.15) is 5.82 Å². The fourth-order valence-electron chi connectivity index (χ4n) is 4.23. The highest BCUT2D eigenvalue weighted by atomic mass is 32.2. The summed E-state index contributed by atoms with van der Waals surface area (Å²) >= 11 is 0. The summed E-state index contributed by atoms with van der Waals surface area (Å²) < 4.78 is 46.1. The van der Waals surface area contributed by atoms with Crippen molar-refractivity contribution in [1.29, 1.82) is 0 Å². The lowest BCUT2D eigenvalue weighted by atomic mass is 9.98. The van der Waals surface area contributed by atoms with Crippen LogP contribution in [0.25, 0.3) is 0 Å². The molecule has 2 aliphatic rings. The predicted molar refractivity (Wildman–Crippen MR) is 110 cm³/mol. The van der Waals surface area contributed by atoms with Crippen molar-refractivity contribution in [3.8, 4) is 0 Å². The van der Waals surface area contributed by atoms with Gasteiger partial charge in [-0.15, -0.1) is 0 Å². The second kappa shape index (κ2) is 9.17. The average molecular weight is 444 g/mol. The maximum absolute atomic E-state index is 14.7.